The van der Waals surface area contributed by atoms with Crippen LogP contribution in [0.15, 0.2) is 10.9 Å². The van der Waals surface area contributed by atoms with E-state index in [1.54, 1.807) is 11.3 Å². The summed E-state index contributed by atoms with van der Waals surface area (Å²) in [5.74, 6) is 0.851. The third-order valence-corrected chi connectivity index (χ3v) is 4.26. The molecule has 2 heterocycles. The number of hydrogen-bond acceptors (Lipinski definition) is 4. The lowest BCUT2D eigenvalue weighted by molar-refractivity contribution is 0.136. The van der Waals surface area contributed by atoms with E-state index in [1.165, 1.54) is 38.0 Å². The highest BCUT2D eigenvalue weighted by Gasteiger charge is 2.23. The molecule has 0 spiro atoms. The van der Waals surface area contributed by atoms with Crippen LogP contribution in [-0.2, 0) is 0 Å². The maximum absolute atomic E-state index is 5.61. The fraction of sp³-hybridized carbons (Fsp3) is 0.750. The molecule has 0 radical (unpaired) electrons. The molecule has 4 heteroatoms. The van der Waals surface area contributed by atoms with Crippen molar-refractivity contribution in [1.82, 2.24) is 9.88 Å². The molecule has 3 nitrogen and oxygen atoms in total. The van der Waals surface area contributed by atoms with Gasteiger partial charge in [0.25, 0.3) is 0 Å². The van der Waals surface area contributed by atoms with Gasteiger partial charge in [-0.3, -0.25) is 4.90 Å². The molecule has 2 rings (SSSR count). The van der Waals surface area contributed by atoms with Gasteiger partial charge in [-0.1, -0.05) is 0 Å². The summed E-state index contributed by atoms with van der Waals surface area (Å²) in [6.07, 6.45) is 3.79. The Hall–Kier alpha value is -0.450. The van der Waals surface area contributed by atoms with Gasteiger partial charge in [0.2, 0.25) is 0 Å². The molecule has 0 aliphatic carbocycles. The zero-order valence-electron chi connectivity index (χ0n) is 9.93. The summed E-state index contributed by atoms with van der Waals surface area (Å²) in [5.41, 5.74) is 8.76. The number of piperidine rings is 1. The minimum absolute atomic E-state index is 0.477. The molecular formula is C12H21N3S. The van der Waals surface area contributed by atoms with E-state index in [2.05, 4.69) is 22.2 Å². The third-order valence-electron chi connectivity index (χ3n) is 3.65. The van der Waals surface area contributed by atoms with Crippen molar-refractivity contribution in [3.8, 4) is 0 Å². The number of nitrogens with two attached hydrogens (primary N) is 1. The summed E-state index contributed by atoms with van der Waals surface area (Å²) < 4.78 is 0. The van der Waals surface area contributed by atoms with E-state index in [1.807, 2.05) is 5.51 Å². The van der Waals surface area contributed by atoms with Crippen LogP contribution < -0.4 is 5.73 Å². The number of likely N-dealkylation sites (tertiary alicyclic amines) is 1. The Bertz CT molecular complexity index is 291. The lowest BCUT2D eigenvalue weighted by Crippen LogP contribution is -2.36. The monoisotopic (exact) mass is 239 g/mol. The highest BCUT2D eigenvalue weighted by molar-refractivity contribution is 7.07. The van der Waals surface area contributed by atoms with Gasteiger partial charge in [0.15, 0.2) is 0 Å². The zero-order valence-corrected chi connectivity index (χ0v) is 10.7. The van der Waals surface area contributed by atoms with Crippen molar-refractivity contribution in [2.24, 2.45) is 11.7 Å². The minimum Gasteiger partial charge on any atom is -0.330 e. The van der Waals surface area contributed by atoms with E-state index in [9.17, 15) is 0 Å². The topological polar surface area (TPSA) is 42.2 Å². The first-order chi connectivity index (χ1) is 7.81. The molecule has 2 N–H and O–H groups in total. The Morgan fingerprint density at radius 3 is 2.88 bits per heavy atom. The molecule has 90 valence electrons. The average Bonchev–Trinajstić information content (AvgIpc) is 2.83. The molecule has 1 aliphatic rings. The van der Waals surface area contributed by atoms with Gasteiger partial charge in [-0.25, -0.2) is 4.98 Å². The van der Waals surface area contributed by atoms with E-state index in [4.69, 9.17) is 5.73 Å². The van der Waals surface area contributed by atoms with Crippen LogP contribution in [0.5, 0.6) is 0 Å². The quantitative estimate of drug-likeness (QED) is 0.876. The summed E-state index contributed by atoms with van der Waals surface area (Å²) in [6, 6.07) is 0.477. The molecule has 1 saturated heterocycles. The normalized spacial score (nSPS) is 21.1. The van der Waals surface area contributed by atoms with Crippen LogP contribution in [0.4, 0.5) is 0 Å². The van der Waals surface area contributed by atoms with Gasteiger partial charge in [-0.15, -0.1) is 11.3 Å². The van der Waals surface area contributed by atoms with Gasteiger partial charge in [0.1, 0.15) is 0 Å². The van der Waals surface area contributed by atoms with E-state index >= 15 is 0 Å². The summed E-state index contributed by atoms with van der Waals surface area (Å²) in [5, 5.41) is 2.16. The summed E-state index contributed by atoms with van der Waals surface area (Å²) in [4.78, 5) is 6.95. The number of nitrogens with zero attached hydrogens (tertiary/aromatic N) is 2. The Morgan fingerprint density at radius 2 is 2.31 bits per heavy atom. The fourth-order valence-electron chi connectivity index (χ4n) is 2.48. The summed E-state index contributed by atoms with van der Waals surface area (Å²) >= 11 is 1.69. The van der Waals surface area contributed by atoms with Crippen LogP contribution in [0.2, 0.25) is 0 Å². The number of thiazole rings is 1. The SMILES string of the molecule is CC(c1cscn1)N1CCC(CCN)CC1. The third kappa shape index (κ3) is 2.81. The van der Waals surface area contributed by atoms with Gasteiger partial charge in [-0.05, 0) is 51.7 Å². The van der Waals surface area contributed by atoms with Crippen molar-refractivity contribution in [3.63, 3.8) is 0 Å². The highest BCUT2D eigenvalue weighted by atomic mass is 32.1. The van der Waals surface area contributed by atoms with Crippen molar-refractivity contribution in [2.45, 2.75) is 32.2 Å². The predicted molar refractivity (Wildman–Crippen MR) is 68.5 cm³/mol. The molecule has 1 aliphatic heterocycles. The Balaban J connectivity index is 1.84. The van der Waals surface area contributed by atoms with E-state index in [0.717, 1.165) is 12.5 Å². The Kier molecular flexibility index (Phi) is 4.32. The average molecular weight is 239 g/mol. The highest BCUT2D eigenvalue weighted by Crippen LogP contribution is 2.27. The first kappa shape index (κ1) is 12.0. The fourth-order valence-corrected chi connectivity index (χ4v) is 3.12. The second-order valence-electron chi connectivity index (χ2n) is 4.65. The smallest absolute Gasteiger partial charge is 0.0795 e. The largest absolute Gasteiger partial charge is 0.330 e. The second kappa shape index (κ2) is 5.75. The van der Waals surface area contributed by atoms with Crippen LogP contribution in [0.25, 0.3) is 0 Å². The van der Waals surface area contributed by atoms with Crippen LogP contribution in [0.3, 0.4) is 0 Å². The standard InChI is InChI=1S/C12H21N3S/c1-10(12-8-16-9-14-12)15-6-3-11(2-5-13)4-7-15/h8-11H,2-7,13H2,1H3. The molecule has 1 aromatic rings. The second-order valence-corrected chi connectivity index (χ2v) is 5.36. The molecule has 1 aromatic heterocycles. The van der Waals surface area contributed by atoms with E-state index in [0.29, 0.717) is 6.04 Å². The number of hydrogen-bond donors (Lipinski definition) is 1. The van der Waals surface area contributed by atoms with Crippen molar-refractivity contribution in [1.29, 1.82) is 0 Å². The molecule has 1 unspecified atom stereocenters. The Labute approximate surface area is 102 Å². The molecule has 16 heavy (non-hydrogen) atoms. The first-order valence-electron chi connectivity index (χ1n) is 6.13. The molecular weight excluding hydrogens is 218 g/mol. The zero-order chi connectivity index (χ0) is 11.4. The molecule has 0 saturated carbocycles. The van der Waals surface area contributed by atoms with Crippen molar-refractivity contribution in [3.05, 3.63) is 16.6 Å². The predicted octanol–water partition coefficient (Wildman–Crippen LogP) is 2.26. The number of rotatable bonds is 4. The van der Waals surface area contributed by atoms with Crippen molar-refractivity contribution >= 4 is 11.3 Å². The maximum atomic E-state index is 5.61. The van der Waals surface area contributed by atoms with E-state index in [-0.39, 0.29) is 0 Å². The molecule has 0 bridgehead atoms. The summed E-state index contributed by atoms with van der Waals surface area (Å²) in [6.45, 7) is 5.50. The van der Waals surface area contributed by atoms with Gasteiger partial charge >= 0.3 is 0 Å². The van der Waals surface area contributed by atoms with Crippen molar-refractivity contribution in [2.75, 3.05) is 19.6 Å². The molecule has 1 fully saturated rings. The molecule has 0 aromatic carbocycles. The lowest BCUT2D eigenvalue weighted by Gasteiger charge is -2.35. The minimum atomic E-state index is 0.477. The van der Waals surface area contributed by atoms with Crippen LogP contribution in [-0.4, -0.2) is 29.5 Å². The van der Waals surface area contributed by atoms with E-state index < -0.39 is 0 Å². The molecule has 1 atom stereocenters. The summed E-state index contributed by atoms with van der Waals surface area (Å²) in [7, 11) is 0. The van der Waals surface area contributed by atoms with Gasteiger partial charge in [0.05, 0.1) is 17.2 Å². The van der Waals surface area contributed by atoms with Crippen LogP contribution in [0, 0.1) is 5.92 Å². The maximum Gasteiger partial charge on any atom is 0.0795 e. The number of aromatic nitrogens is 1. The van der Waals surface area contributed by atoms with Gasteiger partial charge in [0, 0.05) is 5.38 Å². The van der Waals surface area contributed by atoms with Crippen LogP contribution >= 0.6 is 11.3 Å². The Morgan fingerprint density at radius 1 is 1.56 bits per heavy atom. The van der Waals surface area contributed by atoms with Gasteiger partial charge < -0.3 is 5.73 Å². The first-order valence-corrected chi connectivity index (χ1v) is 7.07. The lowest BCUT2D eigenvalue weighted by atomic mass is 9.93. The van der Waals surface area contributed by atoms with Gasteiger partial charge in [-0.2, -0.15) is 0 Å². The van der Waals surface area contributed by atoms with Crippen molar-refractivity contribution < 1.29 is 0 Å². The van der Waals surface area contributed by atoms with Crippen LogP contribution in [0.1, 0.15) is 37.9 Å². The molecule has 0 amide bonds.